The van der Waals surface area contributed by atoms with E-state index in [-0.39, 0.29) is 18.5 Å². The summed E-state index contributed by atoms with van der Waals surface area (Å²) in [6.07, 6.45) is 3.14. The fraction of sp³-hybridized carbons (Fsp3) is 0.500. The molecule has 3 N–H and O–H groups in total. The lowest BCUT2D eigenvalue weighted by molar-refractivity contribution is 0.240. The summed E-state index contributed by atoms with van der Waals surface area (Å²) in [4.78, 5) is 11.4. The minimum absolute atomic E-state index is 0.194. The highest BCUT2D eigenvalue weighted by molar-refractivity contribution is 5.73. The molecule has 0 saturated heterocycles. The van der Waals surface area contributed by atoms with Gasteiger partial charge in [0, 0.05) is 19.7 Å². The summed E-state index contributed by atoms with van der Waals surface area (Å²) in [5, 5.41) is 14.0. The Morgan fingerprint density at radius 3 is 2.68 bits per heavy atom. The lowest BCUT2D eigenvalue weighted by atomic mass is 10.1. The van der Waals surface area contributed by atoms with Gasteiger partial charge in [-0.2, -0.15) is 0 Å². The van der Waals surface area contributed by atoms with Crippen molar-refractivity contribution in [2.45, 2.75) is 25.7 Å². The van der Waals surface area contributed by atoms with Crippen LogP contribution in [0.25, 0.3) is 0 Å². The Morgan fingerprint density at radius 1 is 1.16 bits per heavy atom. The molecule has 106 valence electrons. The van der Waals surface area contributed by atoms with Gasteiger partial charge in [0.1, 0.15) is 5.82 Å². The number of hydrogen-bond donors (Lipinski definition) is 3. The van der Waals surface area contributed by atoms with Gasteiger partial charge in [-0.15, -0.1) is 0 Å². The van der Waals surface area contributed by atoms with E-state index in [2.05, 4.69) is 10.6 Å². The number of carbonyl (C=O) groups excluding carboxylic acids is 1. The second-order valence-electron chi connectivity index (χ2n) is 4.35. The largest absolute Gasteiger partial charge is 0.396 e. The fourth-order valence-electron chi connectivity index (χ4n) is 1.69. The topological polar surface area (TPSA) is 61.4 Å². The summed E-state index contributed by atoms with van der Waals surface area (Å²) in [6, 6.07) is 6.15. The minimum Gasteiger partial charge on any atom is -0.396 e. The molecule has 19 heavy (non-hydrogen) atoms. The maximum Gasteiger partial charge on any atom is 0.314 e. The molecule has 0 heterocycles. The van der Waals surface area contributed by atoms with Crippen LogP contribution in [0, 0.1) is 5.82 Å². The Hall–Kier alpha value is -1.62. The first-order chi connectivity index (χ1) is 9.22. The Bertz CT molecular complexity index is 385. The van der Waals surface area contributed by atoms with Gasteiger partial charge < -0.3 is 15.7 Å². The van der Waals surface area contributed by atoms with Crippen molar-refractivity contribution in [2.24, 2.45) is 0 Å². The SMILES string of the molecule is O=C(NCCCCCO)NCCc1cccc(F)c1. The third-order valence-electron chi connectivity index (χ3n) is 2.71. The van der Waals surface area contributed by atoms with Crippen molar-refractivity contribution in [3.8, 4) is 0 Å². The predicted molar refractivity (Wildman–Crippen MR) is 72.4 cm³/mol. The quantitative estimate of drug-likeness (QED) is 0.630. The predicted octanol–water partition coefficient (Wildman–Crippen LogP) is 1.83. The first-order valence-corrected chi connectivity index (χ1v) is 6.59. The Labute approximate surface area is 113 Å². The molecule has 0 aliphatic carbocycles. The van der Waals surface area contributed by atoms with Gasteiger partial charge in [-0.3, -0.25) is 0 Å². The maximum atomic E-state index is 12.9. The molecule has 0 spiro atoms. The van der Waals surface area contributed by atoms with Crippen LogP contribution in [0.5, 0.6) is 0 Å². The van der Waals surface area contributed by atoms with Crippen molar-refractivity contribution in [3.05, 3.63) is 35.6 Å². The molecular formula is C14H21FN2O2. The van der Waals surface area contributed by atoms with Crippen molar-refractivity contribution in [1.29, 1.82) is 0 Å². The third-order valence-corrected chi connectivity index (χ3v) is 2.71. The molecule has 0 bridgehead atoms. The van der Waals surface area contributed by atoms with Crippen LogP contribution >= 0.6 is 0 Å². The standard InChI is InChI=1S/C14H21FN2O2/c15-13-6-4-5-12(11-13)7-9-17-14(19)16-8-2-1-3-10-18/h4-6,11,18H,1-3,7-10H2,(H2,16,17,19). The van der Waals surface area contributed by atoms with Crippen molar-refractivity contribution in [3.63, 3.8) is 0 Å². The second-order valence-corrected chi connectivity index (χ2v) is 4.35. The molecule has 0 unspecified atom stereocenters. The number of halogens is 1. The monoisotopic (exact) mass is 268 g/mol. The lowest BCUT2D eigenvalue weighted by Crippen LogP contribution is -2.37. The van der Waals surface area contributed by atoms with E-state index in [4.69, 9.17) is 5.11 Å². The fourth-order valence-corrected chi connectivity index (χ4v) is 1.69. The van der Waals surface area contributed by atoms with Crippen LogP contribution in [0.3, 0.4) is 0 Å². The maximum absolute atomic E-state index is 12.9. The number of benzene rings is 1. The van der Waals surface area contributed by atoms with Crippen LogP contribution in [-0.4, -0.2) is 30.8 Å². The number of amides is 2. The van der Waals surface area contributed by atoms with E-state index in [1.165, 1.54) is 12.1 Å². The molecule has 2 amide bonds. The number of nitrogens with one attached hydrogen (secondary N) is 2. The summed E-state index contributed by atoms with van der Waals surface area (Å²) in [7, 11) is 0. The van der Waals surface area contributed by atoms with E-state index in [9.17, 15) is 9.18 Å². The van der Waals surface area contributed by atoms with Gasteiger partial charge in [0.2, 0.25) is 0 Å². The summed E-state index contributed by atoms with van der Waals surface area (Å²) in [6.45, 7) is 1.28. The first-order valence-electron chi connectivity index (χ1n) is 6.59. The zero-order valence-electron chi connectivity index (χ0n) is 11.0. The molecule has 0 radical (unpaired) electrons. The molecule has 1 aromatic carbocycles. The molecule has 0 atom stereocenters. The Balaban J connectivity index is 2.07. The van der Waals surface area contributed by atoms with Gasteiger partial charge in [-0.1, -0.05) is 12.1 Å². The van der Waals surface area contributed by atoms with Gasteiger partial charge in [-0.25, -0.2) is 9.18 Å². The molecule has 0 fully saturated rings. The second kappa shape index (κ2) is 9.33. The Kier molecular flexibility index (Phi) is 7.58. The molecular weight excluding hydrogens is 247 g/mol. The average Bonchev–Trinajstić information content (AvgIpc) is 2.38. The van der Waals surface area contributed by atoms with E-state index >= 15 is 0 Å². The summed E-state index contributed by atoms with van der Waals surface area (Å²) in [5.74, 6) is -0.258. The molecule has 1 aromatic rings. The molecule has 0 aliphatic heterocycles. The van der Waals surface area contributed by atoms with Crippen molar-refractivity contribution >= 4 is 6.03 Å². The van der Waals surface area contributed by atoms with Crippen LogP contribution in [-0.2, 0) is 6.42 Å². The number of carbonyl (C=O) groups is 1. The van der Waals surface area contributed by atoms with Gasteiger partial charge in [0.15, 0.2) is 0 Å². The zero-order valence-corrected chi connectivity index (χ0v) is 11.0. The van der Waals surface area contributed by atoms with E-state index in [0.717, 1.165) is 24.8 Å². The minimum atomic E-state index is -0.258. The van der Waals surface area contributed by atoms with Crippen LogP contribution in [0.1, 0.15) is 24.8 Å². The van der Waals surface area contributed by atoms with Crippen molar-refractivity contribution < 1.29 is 14.3 Å². The Morgan fingerprint density at radius 2 is 1.95 bits per heavy atom. The summed E-state index contributed by atoms with van der Waals surface area (Å²) >= 11 is 0. The zero-order chi connectivity index (χ0) is 13.9. The number of aliphatic hydroxyl groups is 1. The molecule has 1 rings (SSSR count). The highest BCUT2D eigenvalue weighted by atomic mass is 19.1. The average molecular weight is 268 g/mol. The highest BCUT2D eigenvalue weighted by Crippen LogP contribution is 2.03. The number of unbranched alkanes of at least 4 members (excludes halogenated alkanes) is 2. The number of hydrogen-bond acceptors (Lipinski definition) is 2. The smallest absolute Gasteiger partial charge is 0.314 e. The van der Waals surface area contributed by atoms with Gasteiger partial charge in [-0.05, 0) is 43.4 Å². The summed E-state index contributed by atoms with van der Waals surface area (Å²) in [5.41, 5.74) is 0.864. The molecule has 0 aromatic heterocycles. The van der Waals surface area contributed by atoms with Crippen LogP contribution < -0.4 is 10.6 Å². The van der Waals surface area contributed by atoms with Crippen molar-refractivity contribution in [1.82, 2.24) is 10.6 Å². The number of rotatable bonds is 8. The van der Waals surface area contributed by atoms with Crippen LogP contribution in [0.2, 0.25) is 0 Å². The van der Waals surface area contributed by atoms with Crippen LogP contribution in [0.15, 0.2) is 24.3 Å². The first kappa shape index (κ1) is 15.4. The van der Waals surface area contributed by atoms with E-state index in [1.807, 2.05) is 6.07 Å². The number of aliphatic hydroxyl groups excluding tert-OH is 1. The molecule has 4 nitrogen and oxygen atoms in total. The van der Waals surface area contributed by atoms with E-state index in [0.29, 0.717) is 19.5 Å². The van der Waals surface area contributed by atoms with Gasteiger partial charge >= 0.3 is 6.03 Å². The lowest BCUT2D eigenvalue weighted by Gasteiger charge is -2.07. The van der Waals surface area contributed by atoms with Crippen LogP contribution in [0.4, 0.5) is 9.18 Å². The van der Waals surface area contributed by atoms with E-state index < -0.39 is 0 Å². The molecule has 5 heteroatoms. The normalized spacial score (nSPS) is 10.2. The number of urea groups is 1. The van der Waals surface area contributed by atoms with Gasteiger partial charge in [0.25, 0.3) is 0 Å². The summed E-state index contributed by atoms with van der Waals surface area (Å²) < 4.78 is 12.9. The van der Waals surface area contributed by atoms with Crippen molar-refractivity contribution in [2.75, 3.05) is 19.7 Å². The highest BCUT2D eigenvalue weighted by Gasteiger charge is 2.00. The third kappa shape index (κ3) is 7.41. The van der Waals surface area contributed by atoms with E-state index in [1.54, 1.807) is 6.07 Å². The molecule has 0 saturated carbocycles. The molecule has 0 aliphatic rings. The van der Waals surface area contributed by atoms with Gasteiger partial charge in [0.05, 0.1) is 0 Å².